The molecule has 3 aromatic rings. The van der Waals surface area contributed by atoms with Crippen molar-refractivity contribution in [1.82, 2.24) is 4.31 Å². The highest BCUT2D eigenvalue weighted by molar-refractivity contribution is 7.89. The van der Waals surface area contributed by atoms with Crippen molar-refractivity contribution < 1.29 is 13.2 Å². The average Bonchev–Trinajstić information content (AvgIpc) is 3.10. The Kier molecular flexibility index (Phi) is 6.58. The monoisotopic (exact) mass is 488 g/mol. The van der Waals surface area contributed by atoms with Crippen LogP contribution in [-0.2, 0) is 27.8 Å². The van der Waals surface area contributed by atoms with E-state index in [4.69, 9.17) is 23.2 Å². The molecule has 5 nitrogen and oxygen atoms in total. The molecule has 3 aromatic carbocycles. The molecule has 32 heavy (non-hydrogen) atoms. The van der Waals surface area contributed by atoms with E-state index in [9.17, 15) is 13.2 Å². The van der Waals surface area contributed by atoms with Crippen molar-refractivity contribution in [2.24, 2.45) is 0 Å². The van der Waals surface area contributed by atoms with Crippen LogP contribution >= 0.6 is 23.2 Å². The van der Waals surface area contributed by atoms with Gasteiger partial charge in [-0.3, -0.25) is 4.79 Å². The van der Waals surface area contributed by atoms with Crippen LogP contribution in [0.4, 0.5) is 5.69 Å². The summed E-state index contributed by atoms with van der Waals surface area (Å²) in [6, 6.07) is 20.5. The largest absolute Gasteiger partial charge is 0.308 e. The summed E-state index contributed by atoms with van der Waals surface area (Å²) in [4.78, 5) is 15.2. The number of carbonyl (C=O) groups is 1. The van der Waals surface area contributed by atoms with Gasteiger partial charge in [0, 0.05) is 28.3 Å². The predicted molar refractivity (Wildman–Crippen MR) is 128 cm³/mol. The van der Waals surface area contributed by atoms with E-state index in [1.807, 2.05) is 31.2 Å². The van der Waals surface area contributed by atoms with Gasteiger partial charge >= 0.3 is 0 Å². The van der Waals surface area contributed by atoms with Crippen LogP contribution in [0.25, 0.3) is 0 Å². The van der Waals surface area contributed by atoms with Crippen LogP contribution in [0, 0.1) is 0 Å². The number of benzene rings is 3. The lowest BCUT2D eigenvalue weighted by Gasteiger charge is -2.27. The maximum Gasteiger partial charge on any atom is 0.243 e. The molecule has 0 N–H and O–H groups in total. The van der Waals surface area contributed by atoms with Crippen LogP contribution in [0.3, 0.4) is 0 Å². The Morgan fingerprint density at radius 2 is 1.56 bits per heavy atom. The normalized spacial score (nSPS) is 15.8. The molecule has 0 bridgehead atoms. The number of rotatable bonds is 6. The van der Waals surface area contributed by atoms with Gasteiger partial charge in [-0.05, 0) is 66.9 Å². The first-order valence-corrected chi connectivity index (χ1v) is 12.4. The van der Waals surface area contributed by atoms with Gasteiger partial charge in [-0.25, -0.2) is 8.42 Å². The number of halogens is 2. The fourth-order valence-electron chi connectivity index (χ4n) is 3.95. The highest BCUT2D eigenvalue weighted by Gasteiger charge is 2.34. The summed E-state index contributed by atoms with van der Waals surface area (Å²) in [5.74, 6) is -0.269. The molecule has 4 rings (SSSR count). The van der Waals surface area contributed by atoms with E-state index in [1.165, 1.54) is 28.6 Å². The molecule has 0 saturated carbocycles. The van der Waals surface area contributed by atoms with Gasteiger partial charge in [0.05, 0.1) is 11.4 Å². The Bertz CT molecular complexity index is 1230. The van der Waals surface area contributed by atoms with Crippen molar-refractivity contribution in [3.63, 3.8) is 0 Å². The van der Waals surface area contributed by atoms with Crippen molar-refractivity contribution in [2.45, 2.75) is 30.8 Å². The van der Waals surface area contributed by atoms with Gasteiger partial charge in [-0.15, -0.1) is 0 Å². The van der Waals surface area contributed by atoms with E-state index < -0.39 is 10.0 Å². The van der Waals surface area contributed by atoms with Gasteiger partial charge in [-0.1, -0.05) is 53.5 Å². The SMILES string of the molecule is CC1Cc2ccccc2N1C(=O)CN(Cc1ccc(Cl)cc1)S(=O)(=O)c1ccc(Cl)cc1. The number of sulfonamides is 1. The number of anilines is 1. The van der Waals surface area contributed by atoms with E-state index in [0.717, 1.165) is 23.2 Å². The summed E-state index contributed by atoms with van der Waals surface area (Å²) in [5, 5.41) is 0.992. The van der Waals surface area contributed by atoms with Crippen molar-refractivity contribution >= 4 is 44.8 Å². The Morgan fingerprint density at radius 1 is 0.969 bits per heavy atom. The third-order valence-electron chi connectivity index (χ3n) is 5.51. The molecule has 1 heterocycles. The van der Waals surface area contributed by atoms with Crippen molar-refractivity contribution in [2.75, 3.05) is 11.4 Å². The maximum atomic E-state index is 13.5. The summed E-state index contributed by atoms with van der Waals surface area (Å²) < 4.78 is 28.2. The van der Waals surface area contributed by atoms with Gasteiger partial charge in [0.25, 0.3) is 0 Å². The van der Waals surface area contributed by atoms with E-state index in [1.54, 1.807) is 29.2 Å². The number of hydrogen-bond acceptors (Lipinski definition) is 3. The Morgan fingerprint density at radius 3 is 2.22 bits per heavy atom. The molecular formula is C24H22Cl2N2O3S. The van der Waals surface area contributed by atoms with Crippen LogP contribution in [-0.4, -0.2) is 31.2 Å². The lowest BCUT2D eigenvalue weighted by molar-refractivity contribution is -0.119. The Hall–Kier alpha value is -2.38. The summed E-state index contributed by atoms with van der Waals surface area (Å²) in [6.07, 6.45) is 0.739. The number of hydrogen-bond donors (Lipinski definition) is 0. The third kappa shape index (κ3) is 4.69. The van der Waals surface area contributed by atoms with Crippen LogP contribution in [0.5, 0.6) is 0 Å². The Balaban J connectivity index is 1.67. The van der Waals surface area contributed by atoms with Crippen molar-refractivity contribution in [1.29, 1.82) is 0 Å². The second-order valence-corrected chi connectivity index (χ2v) is 10.6. The zero-order valence-corrected chi connectivity index (χ0v) is 19.7. The van der Waals surface area contributed by atoms with Crippen LogP contribution < -0.4 is 4.90 Å². The fraction of sp³-hybridized carbons (Fsp3) is 0.208. The first kappa shape index (κ1) is 22.8. The van der Waals surface area contributed by atoms with Gasteiger partial charge in [0.15, 0.2) is 0 Å². The van der Waals surface area contributed by atoms with Crippen LogP contribution in [0.1, 0.15) is 18.1 Å². The topological polar surface area (TPSA) is 57.7 Å². The average molecular weight is 489 g/mol. The van der Waals surface area contributed by atoms with E-state index in [-0.39, 0.29) is 29.9 Å². The molecule has 1 unspecified atom stereocenters. The lowest BCUT2D eigenvalue weighted by atomic mass is 10.1. The second kappa shape index (κ2) is 9.24. The molecule has 0 saturated heterocycles. The van der Waals surface area contributed by atoms with Gasteiger partial charge in [-0.2, -0.15) is 4.31 Å². The minimum atomic E-state index is -3.95. The number of para-hydroxylation sites is 1. The highest BCUT2D eigenvalue weighted by Crippen LogP contribution is 2.32. The second-order valence-electron chi connectivity index (χ2n) is 7.80. The molecule has 0 fully saturated rings. The first-order valence-electron chi connectivity index (χ1n) is 10.2. The van der Waals surface area contributed by atoms with Crippen LogP contribution in [0.2, 0.25) is 10.0 Å². The van der Waals surface area contributed by atoms with E-state index >= 15 is 0 Å². The number of fused-ring (bicyclic) bond motifs is 1. The smallest absolute Gasteiger partial charge is 0.243 e. The molecule has 0 aliphatic carbocycles. The number of carbonyl (C=O) groups excluding carboxylic acids is 1. The molecule has 1 atom stereocenters. The Labute approximate surface area is 198 Å². The molecule has 0 radical (unpaired) electrons. The third-order valence-corrected chi connectivity index (χ3v) is 7.82. The van der Waals surface area contributed by atoms with Crippen molar-refractivity contribution in [3.05, 3.63) is 94.0 Å². The van der Waals surface area contributed by atoms with Crippen LogP contribution in [0.15, 0.2) is 77.7 Å². The standard InChI is InChI=1S/C24H22Cl2N2O3S/c1-17-14-19-4-2-3-5-23(19)28(17)24(29)16-27(15-18-6-8-20(25)9-7-18)32(30,31)22-12-10-21(26)11-13-22/h2-13,17H,14-16H2,1H3. The summed E-state index contributed by atoms with van der Waals surface area (Å²) in [7, 11) is -3.95. The van der Waals surface area contributed by atoms with Gasteiger partial charge in [0.2, 0.25) is 15.9 Å². The molecular weight excluding hydrogens is 467 g/mol. The molecule has 8 heteroatoms. The molecule has 1 amide bonds. The molecule has 1 aliphatic rings. The summed E-state index contributed by atoms with van der Waals surface area (Å²) in [6.45, 7) is 1.72. The number of amides is 1. The molecule has 166 valence electrons. The zero-order chi connectivity index (χ0) is 22.9. The fourth-order valence-corrected chi connectivity index (χ4v) is 5.58. The molecule has 1 aliphatic heterocycles. The summed E-state index contributed by atoms with van der Waals surface area (Å²) >= 11 is 11.9. The quantitative estimate of drug-likeness (QED) is 0.481. The van der Waals surface area contributed by atoms with Gasteiger partial charge < -0.3 is 4.90 Å². The maximum absolute atomic E-state index is 13.5. The minimum Gasteiger partial charge on any atom is -0.308 e. The summed E-state index contributed by atoms with van der Waals surface area (Å²) in [5.41, 5.74) is 2.65. The lowest BCUT2D eigenvalue weighted by Crippen LogP contribution is -2.44. The predicted octanol–water partition coefficient (Wildman–Crippen LogP) is 5.16. The number of nitrogens with zero attached hydrogens (tertiary/aromatic N) is 2. The molecule has 0 aromatic heterocycles. The first-order chi connectivity index (χ1) is 15.3. The molecule has 0 spiro atoms. The zero-order valence-electron chi connectivity index (χ0n) is 17.4. The van der Waals surface area contributed by atoms with Crippen molar-refractivity contribution in [3.8, 4) is 0 Å². The van der Waals surface area contributed by atoms with Gasteiger partial charge in [0.1, 0.15) is 0 Å². The minimum absolute atomic E-state index is 0.0394. The highest BCUT2D eigenvalue weighted by atomic mass is 35.5. The van der Waals surface area contributed by atoms with E-state index in [0.29, 0.717) is 10.0 Å². The van der Waals surface area contributed by atoms with E-state index in [2.05, 4.69) is 0 Å².